The van der Waals surface area contributed by atoms with Gasteiger partial charge in [-0.1, -0.05) is 33.1 Å². The minimum Gasteiger partial charge on any atom is -0.394 e. The van der Waals surface area contributed by atoms with E-state index >= 15 is 0 Å². The fraction of sp³-hybridized carbons (Fsp3) is 1.00. The summed E-state index contributed by atoms with van der Waals surface area (Å²) in [6.45, 7) is 9.12. The van der Waals surface area contributed by atoms with Crippen LogP contribution in [-0.4, -0.2) is 41.3 Å². The lowest BCUT2D eigenvalue weighted by molar-refractivity contribution is 0.173. The summed E-state index contributed by atoms with van der Waals surface area (Å²) in [5.74, 6) is 0.792. The Bertz CT molecular complexity index is 247. The predicted molar refractivity (Wildman–Crippen MR) is 86.8 cm³/mol. The number of nitrogens with two attached hydrogens (primary N) is 1. The number of nitrogens with zero attached hydrogens (tertiary/aromatic N) is 1. The molecule has 0 amide bonds. The molecule has 1 saturated carbocycles. The van der Waals surface area contributed by atoms with Gasteiger partial charge in [0, 0.05) is 11.6 Å². The molecular formula is C17H36N2O. The van der Waals surface area contributed by atoms with Crippen LogP contribution in [-0.2, 0) is 0 Å². The Morgan fingerprint density at radius 3 is 2.40 bits per heavy atom. The molecule has 1 aliphatic carbocycles. The third-order valence-corrected chi connectivity index (χ3v) is 4.64. The van der Waals surface area contributed by atoms with Gasteiger partial charge in [0.1, 0.15) is 0 Å². The Kier molecular flexibility index (Phi) is 8.08. The highest BCUT2D eigenvalue weighted by Gasteiger charge is 2.22. The number of aliphatic hydroxyl groups is 1. The van der Waals surface area contributed by atoms with Crippen LogP contribution in [0.25, 0.3) is 0 Å². The summed E-state index contributed by atoms with van der Waals surface area (Å²) < 4.78 is 0. The van der Waals surface area contributed by atoms with Gasteiger partial charge >= 0.3 is 0 Å². The molecule has 1 aliphatic rings. The second-order valence-electron chi connectivity index (χ2n) is 7.43. The van der Waals surface area contributed by atoms with E-state index in [1.165, 1.54) is 51.6 Å². The molecule has 1 unspecified atom stereocenters. The summed E-state index contributed by atoms with van der Waals surface area (Å²) >= 11 is 0. The summed E-state index contributed by atoms with van der Waals surface area (Å²) in [7, 11) is 0. The highest BCUT2D eigenvalue weighted by molar-refractivity contribution is 4.79. The van der Waals surface area contributed by atoms with Crippen LogP contribution in [0.1, 0.15) is 72.1 Å². The van der Waals surface area contributed by atoms with E-state index in [0.29, 0.717) is 0 Å². The first-order valence-electron chi connectivity index (χ1n) is 8.58. The average molecular weight is 284 g/mol. The molecule has 0 aromatic rings. The molecule has 1 rings (SSSR count). The van der Waals surface area contributed by atoms with Gasteiger partial charge in [-0.2, -0.15) is 0 Å². The van der Waals surface area contributed by atoms with Crippen LogP contribution in [0.2, 0.25) is 0 Å². The number of aliphatic hydroxyl groups excluding tert-OH is 1. The smallest absolute Gasteiger partial charge is 0.0608 e. The maximum absolute atomic E-state index is 9.19. The van der Waals surface area contributed by atoms with E-state index < -0.39 is 5.54 Å². The van der Waals surface area contributed by atoms with Crippen molar-refractivity contribution in [3.63, 3.8) is 0 Å². The van der Waals surface area contributed by atoms with Crippen molar-refractivity contribution in [2.75, 3.05) is 19.7 Å². The van der Waals surface area contributed by atoms with E-state index in [4.69, 9.17) is 5.73 Å². The molecule has 0 saturated heterocycles. The van der Waals surface area contributed by atoms with E-state index in [2.05, 4.69) is 18.7 Å². The fourth-order valence-corrected chi connectivity index (χ4v) is 3.09. The number of unbranched alkanes of at least 4 members (excludes halogenated alkanes) is 1. The van der Waals surface area contributed by atoms with E-state index in [1.807, 2.05) is 6.92 Å². The Morgan fingerprint density at radius 1 is 1.20 bits per heavy atom. The summed E-state index contributed by atoms with van der Waals surface area (Å²) in [5, 5.41) is 9.19. The molecule has 0 heterocycles. The lowest BCUT2D eigenvalue weighted by atomic mass is 9.97. The molecule has 3 nitrogen and oxygen atoms in total. The Morgan fingerprint density at radius 2 is 1.85 bits per heavy atom. The van der Waals surface area contributed by atoms with Crippen molar-refractivity contribution in [1.29, 1.82) is 0 Å². The van der Waals surface area contributed by atoms with Gasteiger partial charge in [-0.05, 0) is 58.0 Å². The van der Waals surface area contributed by atoms with Gasteiger partial charge in [0.25, 0.3) is 0 Å². The Labute approximate surface area is 125 Å². The normalized spacial score (nSPS) is 19.9. The third-order valence-electron chi connectivity index (χ3n) is 4.64. The zero-order chi connectivity index (χ0) is 15.0. The average Bonchev–Trinajstić information content (AvgIpc) is 2.91. The number of hydrogen-bond acceptors (Lipinski definition) is 3. The summed E-state index contributed by atoms with van der Waals surface area (Å²) in [5.41, 5.74) is 5.60. The monoisotopic (exact) mass is 284 g/mol. The fourth-order valence-electron chi connectivity index (χ4n) is 3.09. The molecule has 1 fully saturated rings. The van der Waals surface area contributed by atoms with Crippen LogP contribution in [0.15, 0.2) is 0 Å². The lowest BCUT2D eigenvalue weighted by Gasteiger charge is -2.30. The van der Waals surface area contributed by atoms with Gasteiger partial charge in [-0.15, -0.1) is 0 Å². The molecule has 3 N–H and O–H groups in total. The molecule has 0 aromatic heterocycles. The second-order valence-corrected chi connectivity index (χ2v) is 7.43. The van der Waals surface area contributed by atoms with E-state index in [1.54, 1.807) is 0 Å². The molecule has 20 heavy (non-hydrogen) atoms. The van der Waals surface area contributed by atoms with Crippen molar-refractivity contribution in [2.45, 2.75) is 83.7 Å². The minimum atomic E-state index is -0.393. The zero-order valence-electron chi connectivity index (χ0n) is 13.9. The summed E-state index contributed by atoms with van der Waals surface area (Å²) in [4.78, 5) is 2.72. The number of rotatable bonds is 10. The van der Waals surface area contributed by atoms with Crippen LogP contribution in [0, 0.1) is 5.92 Å². The largest absolute Gasteiger partial charge is 0.394 e. The van der Waals surface area contributed by atoms with Gasteiger partial charge in [0.05, 0.1) is 6.61 Å². The highest BCUT2D eigenvalue weighted by atomic mass is 16.3. The van der Waals surface area contributed by atoms with E-state index in [-0.39, 0.29) is 6.61 Å². The minimum absolute atomic E-state index is 0.0900. The van der Waals surface area contributed by atoms with Crippen molar-refractivity contribution in [1.82, 2.24) is 4.90 Å². The van der Waals surface area contributed by atoms with E-state index in [9.17, 15) is 5.11 Å². The molecular weight excluding hydrogens is 248 g/mol. The first-order chi connectivity index (χ1) is 9.44. The maximum Gasteiger partial charge on any atom is 0.0608 e. The van der Waals surface area contributed by atoms with Crippen LogP contribution in [0.5, 0.6) is 0 Å². The van der Waals surface area contributed by atoms with Gasteiger partial charge < -0.3 is 15.7 Å². The lowest BCUT2D eigenvalue weighted by Crippen LogP contribution is -2.40. The molecule has 3 heteroatoms. The maximum atomic E-state index is 9.19. The second kappa shape index (κ2) is 9.01. The van der Waals surface area contributed by atoms with Crippen LogP contribution < -0.4 is 5.73 Å². The zero-order valence-corrected chi connectivity index (χ0v) is 13.9. The molecule has 1 atom stereocenters. The van der Waals surface area contributed by atoms with Crippen LogP contribution in [0.4, 0.5) is 0 Å². The first-order valence-corrected chi connectivity index (χ1v) is 8.58. The van der Waals surface area contributed by atoms with Gasteiger partial charge in [0.2, 0.25) is 0 Å². The van der Waals surface area contributed by atoms with Crippen LogP contribution >= 0.6 is 0 Å². The Hall–Kier alpha value is -0.120. The van der Waals surface area contributed by atoms with Crippen molar-refractivity contribution in [3.05, 3.63) is 0 Å². The predicted octanol–water partition coefficient (Wildman–Crippen LogP) is 3.16. The SMILES string of the molecule is CC(C)CCN(CCCCC(C)(N)CO)C1CCCC1. The van der Waals surface area contributed by atoms with E-state index in [0.717, 1.165) is 24.8 Å². The Balaban J connectivity index is 2.28. The molecule has 120 valence electrons. The van der Waals surface area contributed by atoms with Crippen molar-refractivity contribution >= 4 is 0 Å². The van der Waals surface area contributed by atoms with Crippen LogP contribution in [0.3, 0.4) is 0 Å². The quantitative estimate of drug-likeness (QED) is 0.606. The number of hydrogen-bond donors (Lipinski definition) is 2. The van der Waals surface area contributed by atoms with Crippen molar-refractivity contribution in [3.8, 4) is 0 Å². The molecule has 0 radical (unpaired) electrons. The molecule has 0 bridgehead atoms. The van der Waals surface area contributed by atoms with Gasteiger partial charge in [-0.3, -0.25) is 0 Å². The molecule has 0 aromatic carbocycles. The van der Waals surface area contributed by atoms with Gasteiger partial charge in [-0.25, -0.2) is 0 Å². The first kappa shape index (κ1) is 17.9. The topological polar surface area (TPSA) is 49.5 Å². The summed E-state index contributed by atoms with van der Waals surface area (Å²) in [6.07, 6.45) is 10.2. The third kappa shape index (κ3) is 7.05. The highest BCUT2D eigenvalue weighted by Crippen LogP contribution is 2.24. The summed E-state index contributed by atoms with van der Waals surface area (Å²) in [6, 6.07) is 0.829. The standard InChI is InChI=1S/C17H36N2O/c1-15(2)10-13-19(16-8-4-5-9-16)12-7-6-11-17(3,18)14-20/h15-16,20H,4-14,18H2,1-3H3. The molecule has 0 spiro atoms. The van der Waals surface area contributed by atoms with Crippen molar-refractivity contribution in [2.24, 2.45) is 11.7 Å². The van der Waals surface area contributed by atoms with Crippen molar-refractivity contribution < 1.29 is 5.11 Å². The molecule has 0 aliphatic heterocycles. The van der Waals surface area contributed by atoms with Gasteiger partial charge in [0.15, 0.2) is 0 Å².